The van der Waals surface area contributed by atoms with Crippen molar-refractivity contribution in [2.75, 3.05) is 12.4 Å². The summed E-state index contributed by atoms with van der Waals surface area (Å²) in [5, 5.41) is 2.59. The van der Waals surface area contributed by atoms with Gasteiger partial charge < -0.3 is 11.1 Å². The zero-order chi connectivity index (χ0) is 14.5. The Morgan fingerprint density at radius 2 is 2.00 bits per heavy atom. The van der Waals surface area contributed by atoms with Gasteiger partial charge in [-0.3, -0.25) is 4.79 Å². The van der Waals surface area contributed by atoms with E-state index in [-0.39, 0.29) is 29.0 Å². The number of hydrogen-bond acceptors (Lipinski definition) is 4. The summed E-state index contributed by atoms with van der Waals surface area (Å²) in [6.45, 7) is 1.81. The molecule has 0 aliphatic rings. The molecule has 0 radical (unpaired) electrons. The van der Waals surface area contributed by atoms with Crippen molar-refractivity contribution in [2.45, 2.75) is 30.7 Å². The quantitative estimate of drug-likeness (QED) is 0.714. The van der Waals surface area contributed by atoms with Crippen molar-refractivity contribution in [3.63, 3.8) is 0 Å². The van der Waals surface area contributed by atoms with Gasteiger partial charge in [0.05, 0.1) is 5.69 Å². The summed E-state index contributed by atoms with van der Waals surface area (Å²) in [6, 6.07) is 6.18. The lowest BCUT2D eigenvalue weighted by Gasteiger charge is -2.11. The Morgan fingerprint density at radius 3 is 2.58 bits per heavy atom. The molecule has 106 valence electrons. The van der Waals surface area contributed by atoms with Gasteiger partial charge in [-0.15, -0.1) is 0 Å². The molecule has 1 atom stereocenters. The van der Waals surface area contributed by atoms with Gasteiger partial charge in [0.15, 0.2) is 0 Å². The number of anilines is 1. The van der Waals surface area contributed by atoms with Crippen LogP contribution in [0.25, 0.3) is 0 Å². The van der Waals surface area contributed by atoms with Crippen LogP contribution in [0.1, 0.15) is 19.8 Å². The monoisotopic (exact) mass is 285 g/mol. The van der Waals surface area contributed by atoms with Gasteiger partial charge in [-0.1, -0.05) is 12.1 Å². The molecule has 0 saturated heterocycles. The fourth-order valence-electron chi connectivity index (χ4n) is 1.49. The normalized spacial score (nSPS) is 13.0. The molecule has 0 spiro atoms. The van der Waals surface area contributed by atoms with Crippen LogP contribution in [0.4, 0.5) is 5.69 Å². The highest BCUT2D eigenvalue weighted by atomic mass is 32.2. The van der Waals surface area contributed by atoms with Gasteiger partial charge in [0.1, 0.15) is 4.90 Å². The summed E-state index contributed by atoms with van der Waals surface area (Å²) in [7, 11) is -2.27. The fraction of sp³-hybridized carbons (Fsp3) is 0.417. The van der Waals surface area contributed by atoms with E-state index in [0.717, 1.165) is 0 Å². The smallest absolute Gasteiger partial charge is 0.242 e. The second-order valence-electron chi connectivity index (χ2n) is 4.27. The van der Waals surface area contributed by atoms with Crippen LogP contribution in [0.3, 0.4) is 0 Å². The molecule has 1 unspecified atom stereocenters. The third-order valence-electron chi connectivity index (χ3n) is 2.55. The maximum Gasteiger partial charge on any atom is 0.242 e. The number of rotatable bonds is 6. The van der Waals surface area contributed by atoms with E-state index < -0.39 is 10.0 Å². The second-order valence-corrected chi connectivity index (χ2v) is 6.12. The number of hydrogen-bond donors (Lipinski definition) is 3. The lowest BCUT2D eigenvalue weighted by molar-refractivity contribution is -0.116. The van der Waals surface area contributed by atoms with Crippen molar-refractivity contribution in [3.8, 4) is 0 Å². The average molecular weight is 285 g/mol. The molecular weight excluding hydrogens is 266 g/mol. The highest BCUT2D eigenvalue weighted by Gasteiger charge is 2.17. The molecule has 0 aliphatic carbocycles. The van der Waals surface area contributed by atoms with E-state index in [0.29, 0.717) is 6.42 Å². The Kier molecular flexibility index (Phi) is 5.46. The summed E-state index contributed by atoms with van der Waals surface area (Å²) in [5.41, 5.74) is 5.84. The predicted octanol–water partition coefficient (Wildman–Crippen LogP) is 0.661. The van der Waals surface area contributed by atoms with Gasteiger partial charge in [-0.05, 0) is 32.5 Å². The maximum absolute atomic E-state index is 11.8. The van der Waals surface area contributed by atoms with E-state index in [9.17, 15) is 13.2 Å². The number of nitrogens with one attached hydrogen (secondary N) is 2. The van der Waals surface area contributed by atoms with Gasteiger partial charge in [0.25, 0.3) is 0 Å². The van der Waals surface area contributed by atoms with Gasteiger partial charge in [0.2, 0.25) is 15.9 Å². The molecule has 0 aliphatic heterocycles. The Hall–Kier alpha value is -1.44. The van der Waals surface area contributed by atoms with Crippen LogP contribution in [0.15, 0.2) is 29.2 Å². The number of sulfonamides is 1. The molecule has 4 N–H and O–H groups in total. The van der Waals surface area contributed by atoms with E-state index in [1.54, 1.807) is 18.2 Å². The average Bonchev–Trinajstić information content (AvgIpc) is 2.37. The Labute approximate surface area is 113 Å². The van der Waals surface area contributed by atoms with Crippen molar-refractivity contribution in [3.05, 3.63) is 24.3 Å². The summed E-state index contributed by atoms with van der Waals surface area (Å²) in [6.07, 6.45) is 0.804. The van der Waals surface area contributed by atoms with Crippen LogP contribution in [0, 0.1) is 0 Å². The molecule has 0 aromatic heterocycles. The van der Waals surface area contributed by atoms with Gasteiger partial charge in [-0.2, -0.15) is 0 Å². The molecule has 1 amide bonds. The molecule has 1 rings (SSSR count). The fourth-order valence-corrected chi connectivity index (χ4v) is 2.37. The van der Waals surface area contributed by atoms with Crippen molar-refractivity contribution in [1.82, 2.24) is 4.72 Å². The van der Waals surface area contributed by atoms with Crippen molar-refractivity contribution < 1.29 is 13.2 Å². The van der Waals surface area contributed by atoms with Crippen LogP contribution < -0.4 is 15.8 Å². The van der Waals surface area contributed by atoms with Gasteiger partial charge >= 0.3 is 0 Å². The summed E-state index contributed by atoms with van der Waals surface area (Å²) in [4.78, 5) is 11.8. The Balaban J connectivity index is 2.88. The third kappa shape index (κ3) is 4.62. The van der Waals surface area contributed by atoms with Crippen LogP contribution in [-0.4, -0.2) is 27.4 Å². The van der Waals surface area contributed by atoms with Crippen LogP contribution >= 0.6 is 0 Å². The van der Waals surface area contributed by atoms with E-state index >= 15 is 0 Å². The van der Waals surface area contributed by atoms with Crippen molar-refractivity contribution in [2.24, 2.45) is 5.73 Å². The number of benzene rings is 1. The molecule has 1 aromatic carbocycles. The van der Waals surface area contributed by atoms with E-state index in [1.807, 2.05) is 6.92 Å². The van der Waals surface area contributed by atoms with Crippen molar-refractivity contribution in [1.29, 1.82) is 0 Å². The summed E-state index contributed by atoms with van der Waals surface area (Å²) >= 11 is 0. The third-order valence-corrected chi connectivity index (χ3v) is 4.02. The molecule has 0 saturated carbocycles. The first kappa shape index (κ1) is 15.6. The zero-order valence-corrected chi connectivity index (χ0v) is 11.8. The molecule has 0 bridgehead atoms. The molecule has 0 fully saturated rings. The molecule has 7 heteroatoms. The highest BCUT2D eigenvalue weighted by molar-refractivity contribution is 7.89. The number of para-hydroxylation sites is 1. The van der Waals surface area contributed by atoms with E-state index in [4.69, 9.17) is 5.73 Å². The largest absolute Gasteiger partial charge is 0.328 e. The molecule has 0 heterocycles. The highest BCUT2D eigenvalue weighted by Crippen LogP contribution is 2.20. The van der Waals surface area contributed by atoms with Crippen LogP contribution in [0.5, 0.6) is 0 Å². The Bertz CT molecular complexity index is 541. The standard InChI is InChI=1S/C12H19N3O3S/c1-9(13)7-8-12(16)15-10-5-3-4-6-11(10)19(17,18)14-2/h3-6,9,14H,7-8,13H2,1-2H3,(H,15,16). The predicted molar refractivity (Wildman–Crippen MR) is 74.2 cm³/mol. The van der Waals surface area contributed by atoms with Crippen molar-refractivity contribution >= 4 is 21.6 Å². The number of amides is 1. The first-order valence-corrected chi connectivity index (χ1v) is 7.43. The maximum atomic E-state index is 11.8. The van der Waals surface area contributed by atoms with Crippen LogP contribution in [-0.2, 0) is 14.8 Å². The van der Waals surface area contributed by atoms with E-state index in [1.165, 1.54) is 13.1 Å². The van der Waals surface area contributed by atoms with Gasteiger partial charge in [0, 0.05) is 12.5 Å². The molecule has 1 aromatic rings. The van der Waals surface area contributed by atoms with Crippen LogP contribution in [0.2, 0.25) is 0 Å². The molecular formula is C12H19N3O3S. The number of nitrogens with two attached hydrogens (primary N) is 1. The number of carbonyl (C=O) groups excluding carboxylic acids is 1. The summed E-state index contributed by atoms with van der Waals surface area (Å²) in [5.74, 6) is -0.254. The minimum absolute atomic E-state index is 0.0478. The topological polar surface area (TPSA) is 101 Å². The number of carbonyl (C=O) groups is 1. The van der Waals surface area contributed by atoms with Gasteiger partial charge in [-0.25, -0.2) is 13.1 Å². The SMILES string of the molecule is CNS(=O)(=O)c1ccccc1NC(=O)CCC(C)N. The first-order valence-electron chi connectivity index (χ1n) is 5.95. The molecule has 19 heavy (non-hydrogen) atoms. The Morgan fingerprint density at radius 1 is 1.37 bits per heavy atom. The van der Waals surface area contributed by atoms with E-state index in [2.05, 4.69) is 10.0 Å². The first-order chi connectivity index (χ1) is 8.86. The minimum atomic E-state index is -3.60. The minimum Gasteiger partial charge on any atom is -0.328 e. The second kappa shape index (κ2) is 6.65. The molecule has 6 nitrogen and oxygen atoms in total. The lowest BCUT2D eigenvalue weighted by Crippen LogP contribution is -2.23. The zero-order valence-electron chi connectivity index (χ0n) is 11.0. The lowest BCUT2D eigenvalue weighted by atomic mass is 10.2. The summed E-state index contributed by atoms with van der Waals surface area (Å²) < 4.78 is 25.8.